The number of para-hydroxylation sites is 1. The third-order valence-corrected chi connectivity index (χ3v) is 6.86. The molecule has 1 aliphatic heterocycles. The molecule has 179 valence electrons. The number of aliphatic imine (C=N–C) groups is 1. The van der Waals surface area contributed by atoms with Crippen LogP contribution in [0.25, 0.3) is 10.8 Å². The first-order valence-electron chi connectivity index (χ1n) is 10.3. The van der Waals surface area contributed by atoms with Gasteiger partial charge in [0.1, 0.15) is 16.3 Å². The maximum atomic E-state index is 12.7. The number of hydrogen-bond donors (Lipinski definition) is 3. The number of morpholine rings is 1. The van der Waals surface area contributed by atoms with E-state index in [1.165, 1.54) is 24.4 Å². The summed E-state index contributed by atoms with van der Waals surface area (Å²) in [6.07, 6.45) is 1.43. The van der Waals surface area contributed by atoms with Crippen LogP contribution < -0.4 is 4.72 Å². The van der Waals surface area contributed by atoms with Gasteiger partial charge in [-0.25, -0.2) is 13.1 Å². The summed E-state index contributed by atoms with van der Waals surface area (Å²) in [7, 11) is -3.92. The molecule has 0 saturated carbocycles. The second kappa shape index (κ2) is 11.1. The Bertz CT molecular complexity index is 1240. The third-order valence-electron chi connectivity index (χ3n) is 5.37. The van der Waals surface area contributed by atoms with Gasteiger partial charge in [0, 0.05) is 55.0 Å². The molecule has 0 aliphatic carbocycles. The average Bonchev–Trinajstić information content (AvgIpc) is 2.80. The van der Waals surface area contributed by atoms with Crippen LogP contribution in [-0.2, 0) is 31.8 Å². The summed E-state index contributed by atoms with van der Waals surface area (Å²) < 4.78 is 33.3. The number of nitrogens with one attached hydrogen (secondary N) is 1. The molecule has 1 saturated heterocycles. The van der Waals surface area contributed by atoms with Crippen LogP contribution in [0.4, 0.5) is 5.69 Å². The smallest absolute Gasteiger partial charge is 0.244 e. The van der Waals surface area contributed by atoms with Crippen LogP contribution in [0.15, 0.2) is 64.5 Å². The number of ether oxygens (including phenoxy) is 1. The first kappa shape index (κ1) is 25.2. The van der Waals surface area contributed by atoms with Crippen LogP contribution >= 0.6 is 0 Å². The molecule has 0 aromatic heterocycles. The summed E-state index contributed by atoms with van der Waals surface area (Å²) in [4.78, 5) is 6.14. The number of rotatable bonds is 7. The molecular formula is C23H25CuN3O5S. The van der Waals surface area contributed by atoms with Gasteiger partial charge in [0.25, 0.3) is 0 Å². The topological polar surface area (TPSA) is 111 Å². The molecule has 33 heavy (non-hydrogen) atoms. The van der Waals surface area contributed by atoms with Crippen LogP contribution in [0.2, 0.25) is 0 Å². The number of benzene rings is 3. The number of hydrogen-bond acceptors (Lipinski definition) is 7. The maximum absolute atomic E-state index is 12.7. The molecule has 3 aromatic rings. The van der Waals surface area contributed by atoms with E-state index in [1.807, 2.05) is 24.3 Å². The minimum absolute atomic E-state index is 0. The van der Waals surface area contributed by atoms with E-state index in [2.05, 4.69) is 14.6 Å². The van der Waals surface area contributed by atoms with Crippen molar-refractivity contribution in [2.24, 2.45) is 4.99 Å². The van der Waals surface area contributed by atoms with Gasteiger partial charge in [-0.2, -0.15) is 0 Å². The van der Waals surface area contributed by atoms with Gasteiger partial charge in [-0.15, -0.1) is 0 Å². The predicted octanol–water partition coefficient (Wildman–Crippen LogP) is 2.61. The minimum atomic E-state index is -3.92. The zero-order valence-corrected chi connectivity index (χ0v) is 19.5. The number of phenols is 2. The summed E-state index contributed by atoms with van der Waals surface area (Å²) in [5.74, 6) is -0.400. The Balaban J connectivity index is 0.00000306. The molecule has 3 N–H and O–H groups in total. The van der Waals surface area contributed by atoms with Gasteiger partial charge >= 0.3 is 0 Å². The van der Waals surface area contributed by atoms with Gasteiger partial charge < -0.3 is 14.9 Å². The molecule has 1 aliphatic rings. The average molecular weight is 519 g/mol. The van der Waals surface area contributed by atoms with Crippen LogP contribution in [-0.4, -0.2) is 69.1 Å². The molecule has 0 spiro atoms. The van der Waals surface area contributed by atoms with Crippen LogP contribution in [0.1, 0.15) is 5.56 Å². The van der Waals surface area contributed by atoms with Gasteiger partial charge in [0.2, 0.25) is 10.0 Å². The fraction of sp³-hybridized carbons (Fsp3) is 0.261. The normalized spacial score (nSPS) is 15.0. The van der Waals surface area contributed by atoms with E-state index in [0.29, 0.717) is 25.3 Å². The molecule has 8 nitrogen and oxygen atoms in total. The fourth-order valence-electron chi connectivity index (χ4n) is 3.63. The van der Waals surface area contributed by atoms with Gasteiger partial charge in [0.15, 0.2) is 5.75 Å². The van der Waals surface area contributed by atoms with Crippen molar-refractivity contribution in [2.75, 3.05) is 39.4 Å². The molecule has 1 radical (unpaired) electrons. The van der Waals surface area contributed by atoms with Crippen molar-refractivity contribution < 1.29 is 40.4 Å². The van der Waals surface area contributed by atoms with E-state index in [0.717, 1.165) is 23.9 Å². The van der Waals surface area contributed by atoms with Gasteiger partial charge in [-0.05, 0) is 29.0 Å². The van der Waals surface area contributed by atoms with Crippen molar-refractivity contribution in [2.45, 2.75) is 4.90 Å². The molecule has 0 bridgehead atoms. The van der Waals surface area contributed by atoms with E-state index in [9.17, 15) is 18.6 Å². The van der Waals surface area contributed by atoms with Crippen LogP contribution in [0, 0.1) is 0 Å². The Labute approximate surface area is 203 Å². The Hall–Kier alpha value is -2.46. The number of fused-ring (bicyclic) bond motifs is 1. The second-order valence-corrected chi connectivity index (χ2v) is 9.19. The number of phenolic OH excluding ortho intramolecular Hbond substituents is 2. The van der Waals surface area contributed by atoms with Crippen molar-refractivity contribution in [1.82, 2.24) is 9.62 Å². The van der Waals surface area contributed by atoms with E-state index < -0.39 is 15.8 Å². The molecule has 0 unspecified atom stereocenters. The number of nitrogens with zero attached hydrogens (tertiary/aromatic N) is 2. The Morgan fingerprint density at radius 1 is 1.03 bits per heavy atom. The number of aromatic hydroxyl groups is 2. The summed E-state index contributed by atoms with van der Waals surface area (Å²) in [6, 6.07) is 15.3. The van der Waals surface area contributed by atoms with Crippen molar-refractivity contribution in [1.29, 1.82) is 0 Å². The van der Waals surface area contributed by atoms with Crippen molar-refractivity contribution >= 4 is 32.7 Å². The molecule has 0 amide bonds. The number of sulfonamides is 1. The van der Waals surface area contributed by atoms with Crippen LogP contribution in [0.5, 0.6) is 11.5 Å². The summed E-state index contributed by atoms with van der Waals surface area (Å²) in [6.45, 7) is 3.58. The molecule has 4 rings (SSSR count). The molecule has 0 atom stereocenters. The van der Waals surface area contributed by atoms with Gasteiger partial charge in [-0.1, -0.05) is 36.4 Å². The monoisotopic (exact) mass is 518 g/mol. The summed E-state index contributed by atoms with van der Waals surface area (Å²) in [5, 5.41) is 22.6. The first-order chi connectivity index (χ1) is 15.5. The standard InChI is InChI=1S/C23H25N3O5S.Cu/c27-21-9-8-17-4-1-2-5-18(17)19(21)16-24-20-6-3-7-22(23(20)28)32(29,30)25-10-11-26-12-14-31-15-13-26;/h1-9,16,25,27-28H,10-15H2;. The first-order valence-corrected chi connectivity index (χ1v) is 11.8. The minimum Gasteiger partial charge on any atom is -0.507 e. The Kier molecular flexibility index (Phi) is 8.47. The molecule has 1 heterocycles. The van der Waals surface area contributed by atoms with Crippen molar-refractivity contribution in [3.8, 4) is 11.5 Å². The van der Waals surface area contributed by atoms with Gasteiger partial charge in [-0.3, -0.25) is 9.89 Å². The van der Waals surface area contributed by atoms with Crippen molar-refractivity contribution in [3.63, 3.8) is 0 Å². The second-order valence-electron chi connectivity index (χ2n) is 7.45. The Morgan fingerprint density at radius 2 is 1.79 bits per heavy atom. The predicted molar refractivity (Wildman–Crippen MR) is 123 cm³/mol. The third kappa shape index (κ3) is 5.92. The molecular weight excluding hydrogens is 494 g/mol. The summed E-state index contributed by atoms with van der Waals surface area (Å²) >= 11 is 0. The molecule has 1 fully saturated rings. The van der Waals surface area contributed by atoms with E-state index >= 15 is 0 Å². The molecule has 3 aromatic carbocycles. The maximum Gasteiger partial charge on any atom is 0.244 e. The van der Waals surface area contributed by atoms with Crippen molar-refractivity contribution in [3.05, 3.63) is 60.2 Å². The zero-order valence-electron chi connectivity index (χ0n) is 17.7. The largest absolute Gasteiger partial charge is 0.507 e. The van der Waals surface area contributed by atoms with Gasteiger partial charge in [0.05, 0.1) is 13.2 Å². The molecule has 10 heteroatoms. The quantitative estimate of drug-likeness (QED) is 0.327. The van der Waals surface area contributed by atoms with E-state index in [1.54, 1.807) is 12.1 Å². The Morgan fingerprint density at radius 3 is 2.58 bits per heavy atom. The van der Waals surface area contributed by atoms with E-state index in [4.69, 9.17) is 4.74 Å². The zero-order chi connectivity index (χ0) is 22.6. The fourth-order valence-corrected chi connectivity index (χ4v) is 4.76. The van der Waals surface area contributed by atoms with Crippen LogP contribution in [0.3, 0.4) is 0 Å². The SMILES string of the molecule is O=S(=O)(NCCN1CCOCC1)c1cccc(N=Cc2c(O)ccc3ccccc23)c1O.[Cu]. The summed E-state index contributed by atoms with van der Waals surface area (Å²) in [5.41, 5.74) is 0.577. The van der Waals surface area contributed by atoms with E-state index in [-0.39, 0.29) is 39.9 Å².